The van der Waals surface area contributed by atoms with Gasteiger partial charge in [0, 0.05) is 11.4 Å². The molecule has 3 nitrogen and oxygen atoms in total. The summed E-state index contributed by atoms with van der Waals surface area (Å²) in [5.41, 5.74) is 4.35. The molecule has 1 aliphatic heterocycles. The van der Waals surface area contributed by atoms with E-state index in [-0.39, 0.29) is 12.1 Å². The van der Waals surface area contributed by atoms with Crippen molar-refractivity contribution in [1.82, 2.24) is 10.3 Å². The number of nitrogens with one attached hydrogen (secondary N) is 1. The molecule has 2 heterocycles. The molecule has 1 N–H and O–H groups in total. The van der Waals surface area contributed by atoms with Crippen molar-refractivity contribution in [3.8, 4) is 5.75 Å². The summed E-state index contributed by atoms with van der Waals surface area (Å²) >= 11 is 1.76. The second-order valence-electron chi connectivity index (χ2n) is 5.04. The molecular formula is C15H18N2OS. The molecule has 4 heteroatoms. The molecule has 1 unspecified atom stereocenters. The normalized spacial score (nSPS) is 18.4. The number of aromatic nitrogens is 1. The number of ether oxygens (including phenoxy) is 1. The Morgan fingerprint density at radius 1 is 1.42 bits per heavy atom. The van der Waals surface area contributed by atoms with Gasteiger partial charge in [-0.05, 0) is 38.0 Å². The Labute approximate surface area is 117 Å². The van der Waals surface area contributed by atoms with E-state index in [2.05, 4.69) is 28.5 Å². The van der Waals surface area contributed by atoms with Gasteiger partial charge < -0.3 is 10.1 Å². The molecule has 0 spiro atoms. The number of nitrogens with zero attached hydrogens (tertiary/aromatic N) is 1. The van der Waals surface area contributed by atoms with E-state index in [0.717, 1.165) is 18.7 Å². The molecule has 0 aliphatic carbocycles. The molecule has 1 aliphatic rings. The number of hydrogen-bond acceptors (Lipinski definition) is 4. The van der Waals surface area contributed by atoms with Crippen molar-refractivity contribution in [2.45, 2.75) is 32.4 Å². The lowest BCUT2D eigenvalue weighted by molar-refractivity contribution is 0.242. The van der Waals surface area contributed by atoms with E-state index in [0.29, 0.717) is 0 Å². The molecular weight excluding hydrogens is 256 g/mol. The molecule has 0 saturated heterocycles. The zero-order valence-corrected chi connectivity index (χ0v) is 12.0. The van der Waals surface area contributed by atoms with Crippen molar-refractivity contribution in [1.29, 1.82) is 0 Å². The molecule has 1 atom stereocenters. The van der Waals surface area contributed by atoms with Gasteiger partial charge >= 0.3 is 0 Å². The SMILES string of the molecule is CC(C)Oc1cccc(C2NCCc3scnc32)c1. The van der Waals surface area contributed by atoms with Crippen LogP contribution in [0.5, 0.6) is 5.75 Å². The number of fused-ring (bicyclic) bond motifs is 1. The molecule has 0 fully saturated rings. The van der Waals surface area contributed by atoms with Crippen LogP contribution in [-0.2, 0) is 6.42 Å². The maximum absolute atomic E-state index is 5.77. The van der Waals surface area contributed by atoms with Gasteiger partial charge in [-0.25, -0.2) is 4.98 Å². The van der Waals surface area contributed by atoms with Crippen LogP contribution in [0.2, 0.25) is 0 Å². The van der Waals surface area contributed by atoms with E-state index >= 15 is 0 Å². The van der Waals surface area contributed by atoms with Crippen molar-refractivity contribution in [2.24, 2.45) is 0 Å². The van der Waals surface area contributed by atoms with Gasteiger partial charge in [-0.15, -0.1) is 11.3 Å². The predicted molar refractivity (Wildman–Crippen MR) is 77.9 cm³/mol. The highest BCUT2D eigenvalue weighted by Crippen LogP contribution is 2.31. The number of rotatable bonds is 3. The molecule has 100 valence electrons. The zero-order valence-electron chi connectivity index (χ0n) is 11.2. The Bertz CT molecular complexity index is 565. The largest absolute Gasteiger partial charge is 0.491 e. The van der Waals surface area contributed by atoms with Crippen LogP contribution in [-0.4, -0.2) is 17.6 Å². The van der Waals surface area contributed by atoms with Crippen LogP contribution in [0.1, 0.15) is 36.0 Å². The Balaban J connectivity index is 1.91. The quantitative estimate of drug-likeness (QED) is 0.933. The van der Waals surface area contributed by atoms with E-state index < -0.39 is 0 Å². The van der Waals surface area contributed by atoms with Gasteiger partial charge in [0.2, 0.25) is 0 Å². The van der Waals surface area contributed by atoms with Gasteiger partial charge in [-0.3, -0.25) is 0 Å². The summed E-state index contributed by atoms with van der Waals surface area (Å²) in [6.45, 7) is 5.10. The first kappa shape index (κ1) is 12.6. The minimum absolute atomic E-state index is 0.199. The van der Waals surface area contributed by atoms with Gasteiger partial charge in [0.15, 0.2) is 0 Å². The van der Waals surface area contributed by atoms with Crippen molar-refractivity contribution < 1.29 is 4.74 Å². The van der Waals surface area contributed by atoms with Crippen LogP contribution in [0.4, 0.5) is 0 Å². The highest BCUT2D eigenvalue weighted by Gasteiger charge is 2.24. The van der Waals surface area contributed by atoms with Crippen molar-refractivity contribution >= 4 is 11.3 Å². The first-order chi connectivity index (χ1) is 9.24. The molecule has 3 rings (SSSR count). The molecule has 0 radical (unpaired) electrons. The van der Waals surface area contributed by atoms with Gasteiger partial charge in [0.25, 0.3) is 0 Å². The van der Waals surface area contributed by atoms with Crippen LogP contribution in [0.15, 0.2) is 29.8 Å². The second kappa shape index (κ2) is 5.31. The summed E-state index contributed by atoms with van der Waals surface area (Å²) in [5.74, 6) is 0.927. The number of benzene rings is 1. The molecule has 0 amide bonds. The zero-order chi connectivity index (χ0) is 13.2. The highest BCUT2D eigenvalue weighted by molar-refractivity contribution is 7.09. The molecule has 2 aromatic rings. The lowest BCUT2D eigenvalue weighted by atomic mass is 9.99. The fourth-order valence-corrected chi connectivity index (χ4v) is 3.25. The minimum atomic E-state index is 0.199. The van der Waals surface area contributed by atoms with E-state index in [1.807, 2.05) is 25.4 Å². The van der Waals surface area contributed by atoms with Crippen LogP contribution in [0, 0.1) is 0 Å². The fourth-order valence-electron chi connectivity index (χ4n) is 2.44. The average Bonchev–Trinajstić information content (AvgIpc) is 2.86. The molecule has 19 heavy (non-hydrogen) atoms. The predicted octanol–water partition coefficient (Wildman–Crippen LogP) is 3.17. The molecule has 0 saturated carbocycles. The van der Waals surface area contributed by atoms with Crippen molar-refractivity contribution in [3.63, 3.8) is 0 Å². The first-order valence-corrected chi connectivity index (χ1v) is 7.54. The molecule has 1 aromatic heterocycles. The van der Waals surface area contributed by atoms with E-state index in [1.165, 1.54) is 16.1 Å². The summed E-state index contributed by atoms with van der Waals surface area (Å²) in [6, 6.07) is 8.51. The Hall–Kier alpha value is -1.39. The lowest BCUT2D eigenvalue weighted by Crippen LogP contribution is -2.30. The second-order valence-corrected chi connectivity index (χ2v) is 5.98. The minimum Gasteiger partial charge on any atom is -0.491 e. The lowest BCUT2D eigenvalue weighted by Gasteiger charge is -2.24. The van der Waals surface area contributed by atoms with Gasteiger partial charge in [0.05, 0.1) is 23.4 Å². The summed E-state index contributed by atoms with van der Waals surface area (Å²) in [6.07, 6.45) is 1.28. The highest BCUT2D eigenvalue weighted by atomic mass is 32.1. The van der Waals surface area contributed by atoms with Crippen LogP contribution >= 0.6 is 11.3 Å². The van der Waals surface area contributed by atoms with Crippen LogP contribution < -0.4 is 10.1 Å². The van der Waals surface area contributed by atoms with Crippen LogP contribution in [0.3, 0.4) is 0 Å². The van der Waals surface area contributed by atoms with E-state index in [1.54, 1.807) is 11.3 Å². The maximum Gasteiger partial charge on any atom is 0.120 e. The Kier molecular flexibility index (Phi) is 3.53. The monoisotopic (exact) mass is 274 g/mol. The average molecular weight is 274 g/mol. The Morgan fingerprint density at radius 3 is 3.16 bits per heavy atom. The third-order valence-corrected chi connectivity index (χ3v) is 4.12. The van der Waals surface area contributed by atoms with E-state index in [4.69, 9.17) is 4.74 Å². The van der Waals surface area contributed by atoms with Gasteiger partial charge in [0.1, 0.15) is 5.75 Å². The summed E-state index contributed by atoms with van der Waals surface area (Å²) in [5, 5.41) is 3.55. The molecule has 1 aromatic carbocycles. The maximum atomic E-state index is 5.77. The van der Waals surface area contributed by atoms with Crippen molar-refractivity contribution in [3.05, 3.63) is 45.9 Å². The summed E-state index contributed by atoms with van der Waals surface area (Å²) in [4.78, 5) is 5.92. The van der Waals surface area contributed by atoms with Crippen molar-refractivity contribution in [2.75, 3.05) is 6.54 Å². The standard InChI is InChI=1S/C15H18N2OS/c1-10(2)18-12-5-3-4-11(8-12)14-15-13(6-7-16-14)19-9-17-15/h3-5,8-10,14,16H,6-7H2,1-2H3. The van der Waals surface area contributed by atoms with E-state index in [9.17, 15) is 0 Å². The summed E-state index contributed by atoms with van der Waals surface area (Å²) < 4.78 is 5.77. The number of thiazole rings is 1. The Morgan fingerprint density at radius 2 is 2.32 bits per heavy atom. The molecule has 0 bridgehead atoms. The smallest absolute Gasteiger partial charge is 0.120 e. The topological polar surface area (TPSA) is 34.1 Å². The van der Waals surface area contributed by atoms with Gasteiger partial charge in [-0.2, -0.15) is 0 Å². The first-order valence-electron chi connectivity index (χ1n) is 6.66. The number of hydrogen-bond donors (Lipinski definition) is 1. The van der Waals surface area contributed by atoms with Gasteiger partial charge in [-0.1, -0.05) is 12.1 Å². The fraction of sp³-hybridized carbons (Fsp3) is 0.400. The van der Waals surface area contributed by atoms with Crippen LogP contribution in [0.25, 0.3) is 0 Å². The summed E-state index contributed by atoms with van der Waals surface area (Å²) in [7, 11) is 0. The third kappa shape index (κ3) is 2.65. The third-order valence-electron chi connectivity index (χ3n) is 3.21.